The van der Waals surface area contributed by atoms with Crippen LogP contribution < -0.4 is 0 Å². The van der Waals surface area contributed by atoms with E-state index in [-0.39, 0.29) is 34.4 Å². The fourth-order valence-electron chi connectivity index (χ4n) is 5.53. The summed E-state index contributed by atoms with van der Waals surface area (Å²) in [6.45, 7) is 28.7. The minimum absolute atomic E-state index is 0.0819. The lowest BCUT2D eigenvalue weighted by molar-refractivity contribution is 0.233. The van der Waals surface area contributed by atoms with Crippen molar-refractivity contribution >= 4 is 17.7 Å². The van der Waals surface area contributed by atoms with Gasteiger partial charge in [-0.25, -0.2) is 15.0 Å². The van der Waals surface area contributed by atoms with Gasteiger partial charge in [0.15, 0.2) is 17.7 Å². The summed E-state index contributed by atoms with van der Waals surface area (Å²) in [5, 5.41) is 0. The maximum absolute atomic E-state index is 6.14. The molecule has 0 aromatic heterocycles. The highest BCUT2D eigenvalue weighted by molar-refractivity contribution is 5.85. The molecular formula is C33H51N3O3. The zero-order valence-electron chi connectivity index (χ0n) is 26.5. The summed E-state index contributed by atoms with van der Waals surface area (Å²) in [7, 11) is 0. The molecule has 3 heterocycles. The molecule has 0 N–H and O–H groups in total. The van der Waals surface area contributed by atoms with Gasteiger partial charge < -0.3 is 14.2 Å². The number of aliphatic imine (C=N–C) groups is 3. The summed E-state index contributed by atoms with van der Waals surface area (Å²) in [6.07, 6.45) is 2.08. The maximum atomic E-state index is 6.14. The first-order valence-electron chi connectivity index (χ1n) is 14.6. The summed E-state index contributed by atoms with van der Waals surface area (Å²) >= 11 is 0. The quantitative estimate of drug-likeness (QED) is 0.402. The molecule has 1 aromatic rings. The standard InChI is InChI=1S/C33H51N3O3/c1-19-22(13-28-34-25(16-37-28)31(4,5)6)20(2)24(15-30-36-27(18-39-30)33(10,11)12)21(3)23(19)14-29-35-26(17-38-29)32(7,8)9/h25-27H,13-18H2,1-12H3/t25-,26-,27-/m1/s1. The van der Waals surface area contributed by atoms with Gasteiger partial charge in [0.2, 0.25) is 0 Å². The summed E-state index contributed by atoms with van der Waals surface area (Å²) in [4.78, 5) is 15.0. The van der Waals surface area contributed by atoms with Gasteiger partial charge in [0, 0.05) is 19.3 Å². The molecule has 39 heavy (non-hydrogen) atoms. The van der Waals surface area contributed by atoms with Crippen molar-refractivity contribution < 1.29 is 14.2 Å². The van der Waals surface area contributed by atoms with E-state index in [9.17, 15) is 0 Å². The van der Waals surface area contributed by atoms with Crippen molar-refractivity contribution in [3.8, 4) is 0 Å². The van der Waals surface area contributed by atoms with Gasteiger partial charge in [0.05, 0.1) is 18.1 Å². The van der Waals surface area contributed by atoms with Gasteiger partial charge in [-0.15, -0.1) is 0 Å². The summed E-state index contributed by atoms with van der Waals surface area (Å²) < 4.78 is 18.4. The summed E-state index contributed by atoms with van der Waals surface area (Å²) in [5.41, 5.74) is 7.96. The highest BCUT2D eigenvalue weighted by Gasteiger charge is 2.34. The first kappa shape index (κ1) is 29.6. The molecule has 0 unspecified atom stereocenters. The van der Waals surface area contributed by atoms with E-state index >= 15 is 0 Å². The van der Waals surface area contributed by atoms with E-state index in [1.807, 2.05) is 0 Å². The first-order valence-corrected chi connectivity index (χ1v) is 14.6. The predicted molar refractivity (Wildman–Crippen MR) is 162 cm³/mol. The molecule has 0 saturated heterocycles. The SMILES string of the molecule is Cc1c(CC2=N[C@@H](C(C)(C)C)CO2)c(C)c(CC2=N[C@@H](C(C)(C)C)CO2)c(C)c1CC1=N[C@@H](C(C)(C)C)CO1. The molecule has 6 nitrogen and oxygen atoms in total. The topological polar surface area (TPSA) is 64.8 Å². The van der Waals surface area contributed by atoms with Crippen LogP contribution in [-0.2, 0) is 33.5 Å². The second-order valence-corrected chi connectivity index (χ2v) is 15.0. The van der Waals surface area contributed by atoms with Crippen LogP contribution in [0.3, 0.4) is 0 Å². The lowest BCUT2D eigenvalue weighted by atomic mass is 9.84. The Hall–Kier alpha value is -2.37. The molecule has 3 aliphatic heterocycles. The second-order valence-electron chi connectivity index (χ2n) is 15.0. The van der Waals surface area contributed by atoms with E-state index in [4.69, 9.17) is 29.2 Å². The molecule has 0 bridgehead atoms. The van der Waals surface area contributed by atoms with Crippen LogP contribution in [0.5, 0.6) is 0 Å². The number of ether oxygens (including phenoxy) is 3. The molecule has 0 saturated carbocycles. The minimum Gasteiger partial charge on any atom is -0.478 e. The minimum atomic E-state index is 0.0819. The van der Waals surface area contributed by atoms with Crippen LogP contribution in [0.25, 0.3) is 0 Å². The van der Waals surface area contributed by atoms with Crippen LogP contribution in [0.15, 0.2) is 15.0 Å². The zero-order chi connectivity index (χ0) is 28.9. The second kappa shape index (κ2) is 10.6. The van der Waals surface area contributed by atoms with Crippen LogP contribution in [0.2, 0.25) is 0 Å². The fourth-order valence-corrected chi connectivity index (χ4v) is 5.53. The third-order valence-electron chi connectivity index (χ3n) is 8.82. The van der Waals surface area contributed by atoms with Gasteiger partial charge in [0.25, 0.3) is 0 Å². The lowest BCUT2D eigenvalue weighted by Crippen LogP contribution is -2.25. The van der Waals surface area contributed by atoms with Crippen LogP contribution >= 0.6 is 0 Å². The molecule has 0 amide bonds. The van der Waals surface area contributed by atoms with Gasteiger partial charge in [-0.05, 0) is 70.4 Å². The number of nitrogens with zero attached hydrogens (tertiary/aromatic N) is 3. The summed E-state index contributed by atoms with van der Waals surface area (Å²) in [5.74, 6) is 2.52. The van der Waals surface area contributed by atoms with Crippen molar-refractivity contribution in [2.75, 3.05) is 19.8 Å². The Morgan fingerprint density at radius 2 is 0.718 bits per heavy atom. The Kier molecular flexibility index (Phi) is 8.01. The molecule has 3 aliphatic rings. The zero-order valence-corrected chi connectivity index (χ0v) is 26.5. The molecule has 6 heteroatoms. The van der Waals surface area contributed by atoms with E-state index in [0.29, 0.717) is 39.1 Å². The maximum Gasteiger partial charge on any atom is 0.188 e. The fraction of sp³-hybridized carbons (Fsp3) is 0.727. The smallest absolute Gasteiger partial charge is 0.188 e. The average Bonchev–Trinajstić information content (AvgIpc) is 3.56. The number of hydrogen-bond acceptors (Lipinski definition) is 6. The molecule has 0 radical (unpaired) electrons. The first-order chi connectivity index (χ1) is 17.9. The predicted octanol–water partition coefficient (Wildman–Crippen LogP) is 6.77. The van der Waals surface area contributed by atoms with E-state index in [0.717, 1.165) is 17.7 Å². The van der Waals surface area contributed by atoms with Crippen LogP contribution in [-0.4, -0.2) is 55.6 Å². The van der Waals surface area contributed by atoms with Crippen molar-refractivity contribution in [3.63, 3.8) is 0 Å². The normalized spacial score (nSPS) is 23.7. The molecule has 0 aliphatic carbocycles. The van der Waals surface area contributed by atoms with Gasteiger partial charge >= 0.3 is 0 Å². The monoisotopic (exact) mass is 537 g/mol. The highest BCUT2D eigenvalue weighted by Crippen LogP contribution is 2.34. The Labute approximate surface area is 236 Å². The van der Waals surface area contributed by atoms with Crippen molar-refractivity contribution in [3.05, 3.63) is 33.4 Å². The van der Waals surface area contributed by atoms with E-state index in [1.54, 1.807) is 0 Å². The average molecular weight is 538 g/mol. The largest absolute Gasteiger partial charge is 0.478 e. The Bertz CT molecular complexity index is 1020. The van der Waals surface area contributed by atoms with Gasteiger partial charge in [-0.2, -0.15) is 0 Å². The molecule has 4 rings (SSSR count). The number of rotatable bonds is 6. The molecule has 3 atom stereocenters. The van der Waals surface area contributed by atoms with Gasteiger partial charge in [-0.1, -0.05) is 62.3 Å². The van der Waals surface area contributed by atoms with Crippen molar-refractivity contribution in [2.24, 2.45) is 31.2 Å². The molecular weight excluding hydrogens is 486 g/mol. The van der Waals surface area contributed by atoms with Crippen LogP contribution in [0.4, 0.5) is 0 Å². The molecule has 1 aromatic carbocycles. The Balaban J connectivity index is 1.73. The van der Waals surface area contributed by atoms with Crippen molar-refractivity contribution in [1.29, 1.82) is 0 Å². The van der Waals surface area contributed by atoms with Gasteiger partial charge in [0.1, 0.15) is 19.8 Å². The van der Waals surface area contributed by atoms with Crippen LogP contribution in [0, 0.1) is 37.0 Å². The molecule has 0 fully saturated rings. The Morgan fingerprint density at radius 3 is 0.897 bits per heavy atom. The molecule has 216 valence electrons. The molecule has 0 spiro atoms. The van der Waals surface area contributed by atoms with E-state index in [1.165, 1.54) is 33.4 Å². The van der Waals surface area contributed by atoms with Gasteiger partial charge in [-0.3, -0.25) is 0 Å². The third kappa shape index (κ3) is 6.52. The summed E-state index contributed by atoms with van der Waals surface area (Å²) in [6, 6.07) is 0.552. The van der Waals surface area contributed by atoms with E-state index in [2.05, 4.69) is 83.1 Å². The van der Waals surface area contributed by atoms with Crippen molar-refractivity contribution in [2.45, 2.75) is 120 Å². The van der Waals surface area contributed by atoms with E-state index < -0.39 is 0 Å². The Morgan fingerprint density at radius 1 is 0.487 bits per heavy atom. The number of hydrogen-bond donors (Lipinski definition) is 0. The van der Waals surface area contributed by atoms with Crippen molar-refractivity contribution in [1.82, 2.24) is 0 Å². The third-order valence-corrected chi connectivity index (χ3v) is 8.82. The lowest BCUT2D eigenvalue weighted by Gasteiger charge is -2.22. The highest BCUT2D eigenvalue weighted by atomic mass is 16.5. The van der Waals surface area contributed by atoms with Crippen LogP contribution in [0.1, 0.15) is 95.7 Å². The number of benzene rings is 1.